The lowest BCUT2D eigenvalue weighted by Crippen LogP contribution is -2.38. The van der Waals surface area contributed by atoms with Crippen molar-refractivity contribution >= 4 is 35.7 Å². The van der Waals surface area contributed by atoms with Gasteiger partial charge in [0.1, 0.15) is 29.5 Å². The van der Waals surface area contributed by atoms with E-state index in [-0.39, 0.29) is 55.9 Å². The smallest absolute Gasteiger partial charge is 0.280 e. The maximum absolute atomic E-state index is 13.4. The summed E-state index contributed by atoms with van der Waals surface area (Å²) >= 11 is 0. The topological polar surface area (TPSA) is 114 Å². The van der Waals surface area contributed by atoms with Gasteiger partial charge in [-0.05, 0) is 37.9 Å². The average Bonchev–Trinajstić information content (AvgIpc) is 3.53. The minimum absolute atomic E-state index is 0. The molecule has 3 aromatic heterocycles. The van der Waals surface area contributed by atoms with Crippen LogP contribution in [-0.4, -0.2) is 55.0 Å². The number of anilines is 1. The third-order valence-corrected chi connectivity index (χ3v) is 6.12. The van der Waals surface area contributed by atoms with E-state index in [0.29, 0.717) is 29.9 Å². The normalized spacial score (nSPS) is 17.2. The summed E-state index contributed by atoms with van der Waals surface area (Å²) < 4.78 is 15.9. The van der Waals surface area contributed by atoms with Crippen LogP contribution in [0.2, 0.25) is 0 Å². The SMILES string of the molecule is CCc1cc2n(CC(=O)Nc3ccc(F)cn3)c3c(c(=O)n2n1)CN(C[C@H]1CCCN1)C3=O.Cl.[HH]. The molecule has 1 fully saturated rings. The summed E-state index contributed by atoms with van der Waals surface area (Å²) in [7, 11) is 0. The van der Waals surface area contributed by atoms with Crippen molar-refractivity contribution in [1.29, 1.82) is 0 Å². The molecule has 5 heterocycles. The van der Waals surface area contributed by atoms with Crippen LogP contribution in [0.4, 0.5) is 10.2 Å². The van der Waals surface area contributed by atoms with Gasteiger partial charge < -0.3 is 20.1 Å². The highest BCUT2D eigenvalue weighted by Crippen LogP contribution is 2.24. The molecule has 0 saturated carbocycles. The first-order chi connectivity index (χ1) is 15.9. The number of aryl methyl sites for hydroxylation is 1. The Morgan fingerprint density at radius 2 is 2.18 bits per heavy atom. The molecular formula is C22H27ClFN7O3. The second-order valence-corrected chi connectivity index (χ2v) is 8.37. The first kappa shape index (κ1) is 23.8. The van der Waals surface area contributed by atoms with Crippen LogP contribution < -0.4 is 16.2 Å². The van der Waals surface area contributed by atoms with Crippen molar-refractivity contribution in [3.05, 3.63) is 57.5 Å². The van der Waals surface area contributed by atoms with Crippen molar-refractivity contribution in [3.63, 3.8) is 0 Å². The van der Waals surface area contributed by atoms with E-state index in [1.165, 1.54) is 16.6 Å². The zero-order valence-corrected chi connectivity index (χ0v) is 19.4. The van der Waals surface area contributed by atoms with Crippen molar-refractivity contribution in [2.45, 2.75) is 45.3 Å². The maximum atomic E-state index is 13.4. The summed E-state index contributed by atoms with van der Waals surface area (Å²) in [5.74, 6) is -1.05. The lowest BCUT2D eigenvalue weighted by atomic mass is 10.2. The number of nitrogens with one attached hydrogen (secondary N) is 2. The quantitative estimate of drug-likeness (QED) is 0.541. The third kappa shape index (κ3) is 4.28. The summed E-state index contributed by atoms with van der Waals surface area (Å²) in [6.45, 7) is 3.29. The summed E-state index contributed by atoms with van der Waals surface area (Å²) in [5.41, 5.74) is 1.28. The van der Waals surface area contributed by atoms with E-state index in [1.807, 2.05) is 6.92 Å². The number of rotatable bonds is 6. The number of amides is 2. The highest BCUT2D eigenvalue weighted by Gasteiger charge is 2.36. The Hall–Kier alpha value is -3.31. The lowest BCUT2D eigenvalue weighted by Gasteiger charge is -2.20. The van der Waals surface area contributed by atoms with E-state index in [0.717, 1.165) is 25.6 Å². The number of pyridine rings is 1. The minimum atomic E-state index is -0.512. The highest BCUT2D eigenvalue weighted by molar-refractivity contribution is 5.98. The van der Waals surface area contributed by atoms with Gasteiger partial charge in [-0.2, -0.15) is 9.61 Å². The molecule has 2 aliphatic heterocycles. The molecular weight excluding hydrogens is 465 g/mol. The van der Waals surface area contributed by atoms with Crippen LogP contribution in [-0.2, 0) is 24.3 Å². The van der Waals surface area contributed by atoms with Crippen LogP contribution in [0, 0.1) is 5.82 Å². The fraction of sp³-hybridized carbons (Fsp3) is 0.409. The van der Waals surface area contributed by atoms with Crippen LogP contribution in [0.3, 0.4) is 0 Å². The molecule has 3 aromatic rings. The Morgan fingerprint density at radius 3 is 2.85 bits per heavy atom. The van der Waals surface area contributed by atoms with Gasteiger partial charge in [0, 0.05) is 20.1 Å². The second kappa shape index (κ2) is 9.51. The Morgan fingerprint density at radius 1 is 1.35 bits per heavy atom. The van der Waals surface area contributed by atoms with Gasteiger partial charge in [0.2, 0.25) is 5.91 Å². The van der Waals surface area contributed by atoms with Crippen LogP contribution in [0.5, 0.6) is 0 Å². The van der Waals surface area contributed by atoms with Gasteiger partial charge >= 0.3 is 0 Å². The Balaban J connectivity index is 0.00000171. The molecule has 0 unspecified atom stereocenters. The molecule has 10 nitrogen and oxygen atoms in total. The molecule has 1 atom stereocenters. The maximum Gasteiger partial charge on any atom is 0.280 e. The molecule has 1 saturated heterocycles. The number of carbonyl (C=O) groups is 2. The van der Waals surface area contributed by atoms with E-state index < -0.39 is 11.7 Å². The van der Waals surface area contributed by atoms with Gasteiger partial charge in [-0.3, -0.25) is 14.4 Å². The van der Waals surface area contributed by atoms with Crippen LogP contribution in [0.15, 0.2) is 29.2 Å². The molecule has 2 amide bonds. The predicted octanol–water partition coefficient (Wildman–Crippen LogP) is 1.61. The van der Waals surface area contributed by atoms with E-state index in [4.69, 9.17) is 0 Å². The van der Waals surface area contributed by atoms with Crippen LogP contribution >= 0.6 is 12.4 Å². The van der Waals surface area contributed by atoms with Crippen molar-refractivity contribution in [2.24, 2.45) is 0 Å². The molecule has 12 heteroatoms. The Bertz CT molecular complexity index is 1310. The molecule has 0 radical (unpaired) electrons. The summed E-state index contributed by atoms with van der Waals surface area (Å²) in [5, 5.41) is 10.4. The number of nitrogens with zero attached hydrogens (tertiary/aromatic N) is 5. The monoisotopic (exact) mass is 491 g/mol. The molecule has 2 N–H and O–H groups in total. The summed E-state index contributed by atoms with van der Waals surface area (Å²) in [6, 6.07) is 4.46. The zero-order valence-electron chi connectivity index (χ0n) is 18.6. The first-order valence-corrected chi connectivity index (χ1v) is 11.0. The molecule has 182 valence electrons. The van der Waals surface area contributed by atoms with Gasteiger partial charge in [0.05, 0.1) is 24.0 Å². The molecule has 5 rings (SSSR count). The number of halogens is 2. The molecule has 0 aliphatic carbocycles. The number of fused-ring (bicyclic) bond motifs is 2. The van der Waals surface area contributed by atoms with Crippen LogP contribution in [0.1, 0.15) is 42.9 Å². The number of carbonyl (C=O) groups excluding carboxylic acids is 2. The minimum Gasteiger partial charge on any atom is -0.331 e. The number of aromatic nitrogens is 4. The summed E-state index contributed by atoms with van der Waals surface area (Å²) in [4.78, 5) is 44.9. The fourth-order valence-electron chi connectivity index (χ4n) is 4.50. The van der Waals surface area contributed by atoms with Crippen molar-refractivity contribution in [2.75, 3.05) is 18.4 Å². The standard InChI is InChI=1S/C22H24FN7O3.ClH.H2/c1-2-14-8-19-29(12-18(31)26-17-6-5-13(23)9-25-17)20-16(21(32)30(19)27-14)11-28(22(20)33)10-15-4-3-7-24-15;;/h5-6,8-9,15,24H,2-4,7,10-12H2,1H3,(H,25,26,31);2*1H/t15-;;/m1../s1. The summed E-state index contributed by atoms with van der Waals surface area (Å²) in [6.07, 6.45) is 3.64. The van der Waals surface area contributed by atoms with Gasteiger partial charge in [0.25, 0.3) is 11.5 Å². The Labute approximate surface area is 202 Å². The van der Waals surface area contributed by atoms with Crippen molar-refractivity contribution < 1.29 is 15.4 Å². The molecule has 0 aromatic carbocycles. The van der Waals surface area contributed by atoms with Gasteiger partial charge in [0.15, 0.2) is 0 Å². The Kier molecular flexibility index (Phi) is 6.67. The first-order valence-electron chi connectivity index (χ1n) is 11.0. The number of hydrogen-bond donors (Lipinski definition) is 2. The average molecular weight is 492 g/mol. The van der Waals surface area contributed by atoms with Gasteiger partial charge in [-0.15, -0.1) is 12.4 Å². The van der Waals surface area contributed by atoms with Crippen molar-refractivity contribution in [3.8, 4) is 0 Å². The number of hydrogen-bond acceptors (Lipinski definition) is 6. The van der Waals surface area contributed by atoms with E-state index >= 15 is 0 Å². The predicted molar refractivity (Wildman–Crippen MR) is 127 cm³/mol. The van der Waals surface area contributed by atoms with E-state index in [2.05, 4.69) is 20.7 Å². The fourth-order valence-corrected chi connectivity index (χ4v) is 4.50. The van der Waals surface area contributed by atoms with Gasteiger partial charge in [-0.25, -0.2) is 9.37 Å². The highest BCUT2D eigenvalue weighted by atomic mass is 35.5. The zero-order chi connectivity index (χ0) is 23.1. The lowest BCUT2D eigenvalue weighted by molar-refractivity contribution is -0.116. The molecule has 34 heavy (non-hydrogen) atoms. The van der Waals surface area contributed by atoms with Crippen LogP contribution in [0.25, 0.3) is 5.65 Å². The molecule has 0 spiro atoms. The second-order valence-electron chi connectivity index (χ2n) is 8.37. The van der Waals surface area contributed by atoms with Crippen molar-refractivity contribution in [1.82, 2.24) is 29.4 Å². The largest absolute Gasteiger partial charge is 0.331 e. The van der Waals surface area contributed by atoms with E-state index in [1.54, 1.807) is 15.5 Å². The molecule has 2 aliphatic rings. The van der Waals surface area contributed by atoms with Gasteiger partial charge in [-0.1, -0.05) is 6.92 Å². The third-order valence-electron chi connectivity index (χ3n) is 6.12. The molecule has 0 bridgehead atoms. The van der Waals surface area contributed by atoms with E-state index in [9.17, 15) is 18.8 Å².